The van der Waals surface area contributed by atoms with Crippen LogP contribution in [0.15, 0.2) is 0 Å². The summed E-state index contributed by atoms with van der Waals surface area (Å²) in [6.45, 7) is 1.73. The summed E-state index contributed by atoms with van der Waals surface area (Å²) in [4.78, 5) is 0. The van der Waals surface area contributed by atoms with Gasteiger partial charge in [0, 0.05) is 12.3 Å². The average Bonchev–Trinajstić information content (AvgIpc) is 2.15. The Bertz CT molecular complexity index is 268. The lowest BCUT2D eigenvalue weighted by Crippen LogP contribution is -2.44. The van der Waals surface area contributed by atoms with E-state index in [0.29, 0.717) is 5.92 Å². The van der Waals surface area contributed by atoms with Gasteiger partial charge < -0.3 is 5.73 Å². The minimum absolute atomic E-state index is 0.176. The van der Waals surface area contributed by atoms with Crippen molar-refractivity contribution in [2.24, 2.45) is 11.7 Å². The first-order valence-corrected chi connectivity index (χ1v) is 7.33. The normalized spacial score (nSPS) is 24.5. The second-order valence-corrected chi connectivity index (χ2v) is 6.91. The summed E-state index contributed by atoms with van der Waals surface area (Å²) in [5.41, 5.74) is 6.00. The summed E-state index contributed by atoms with van der Waals surface area (Å²) < 4.78 is 22.7. The van der Waals surface area contributed by atoms with Gasteiger partial charge in [0.2, 0.25) is 0 Å². The molecule has 1 aliphatic rings. The maximum atomic E-state index is 11.3. The zero-order chi connectivity index (χ0) is 10.8. The molecule has 14 heavy (non-hydrogen) atoms. The number of hydrogen-bond donors (Lipinski definition) is 1. The van der Waals surface area contributed by atoms with Crippen molar-refractivity contribution < 1.29 is 8.42 Å². The van der Waals surface area contributed by atoms with Gasteiger partial charge in [-0.2, -0.15) is 0 Å². The smallest absolute Gasteiger partial charge is 0.151 e. The lowest BCUT2D eigenvalue weighted by atomic mass is 9.83. The molecule has 84 valence electrons. The summed E-state index contributed by atoms with van der Waals surface area (Å²) >= 11 is 0. The van der Waals surface area contributed by atoms with Crippen molar-refractivity contribution in [1.82, 2.24) is 0 Å². The van der Waals surface area contributed by atoms with E-state index in [9.17, 15) is 8.42 Å². The van der Waals surface area contributed by atoms with Crippen LogP contribution < -0.4 is 5.73 Å². The van der Waals surface area contributed by atoms with Gasteiger partial charge in [-0.1, -0.05) is 19.3 Å². The van der Waals surface area contributed by atoms with Crippen LogP contribution in [0.5, 0.6) is 0 Å². The van der Waals surface area contributed by atoms with Gasteiger partial charge in [0.1, 0.15) is 0 Å². The van der Waals surface area contributed by atoms with Crippen LogP contribution in [0, 0.1) is 5.92 Å². The number of nitrogens with two attached hydrogens (primary N) is 1. The summed E-state index contributed by atoms with van der Waals surface area (Å²) in [6, 6.07) is -0.176. The zero-order valence-electron chi connectivity index (χ0n) is 9.07. The van der Waals surface area contributed by atoms with Crippen LogP contribution >= 0.6 is 0 Å². The molecule has 0 amide bonds. The average molecular weight is 219 g/mol. The van der Waals surface area contributed by atoms with Crippen LogP contribution in [-0.4, -0.2) is 26.0 Å². The molecule has 2 atom stereocenters. The summed E-state index contributed by atoms with van der Waals surface area (Å²) in [6.07, 6.45) is 7.16. The predicted molar refractivity (Wildman–Crippen MR) is 58.9 cm³/mol. The molecule has 1 rings (SSSR count). The lowest BCUT2D eigenvalue weighted by Gasteiger charge is -2.30. The molecule has 0 radical (unpaired) electrons. The molecule has 0 heterocycles. The largest absolute Gasteiger partial charge is 0.326 e. The van der Waals surface area contributed by atoms with Crippen LogP contribution in [-0.2, 0) is 9.84 Å². The van der Waals surface area contributed by atoms with Crippen LogP contribution in [0.3, 0.4) is 0 Å². The van der Waals surface area contributed by atoms with E-state index in [0.717, 1.165) is 12.8 Å². The van der Waals surface area contributed by atoms with Gasteiger partial charge in [0.25, 0.3) is 0 Å². The topological polar surface area (TPSA) is 60.2 Å². The van der Waals surface area contributed by atoms with Crippen molar-refractivity contribution in [1.29, 1.82) is 0 Å². The molecule has 0 bridgehead atoms. The Morgan fingerprint density at radius 1 is 1.21 bits per heavy atom. The third-order valence-electron chi connectivity index (χ3n) is 3.41. The van der Waals surface area contributed by atoms with E-state index in [-0.39, 0.29) is 6.04 Å². The second-order valence-electron chi connectivity index (χ2n) is 4.51. The Morgan fingerprint density at radius 3 is 2.14 bits per heavy atom. The molecular weight excluding hydrogens is 198 g/mol. The summed E-state index contributed by atoms with van der Waals surface area (Å²) in [5.74, 6) is 0.411. The fourth-order valence-corrected chi connectivity index (χ4v) is 2.98. The van der Waals surface area contributed by atoms with Gasteiger partial charge >= 0.3 is 0 Å². The van der Waals surface area contributed by atoms with Gasteiger partial charge in [0.05, 0.1) is 5.25 Å². The molecule has 1 fully saturated rings. The van der Waals surface area contributed by atoms with Crippen molar-refractivity contribution in [3.05, 3.63) is 0 Å². The molecule has 2 N–H and O–H groups in total. The molecule has 0 aliphatic heterocycles. The molecular formula is C10H21NO2S. The molecule has 0 aromatic rings. The Morgan fingerprint density at radius 2 is 1.71 bits per heavy atom. The van der Waals surface area contributed by atoms with E-state index < -0.39 is 15.1 Å². The number of rotatable bonds is 3. The van der Waals surface area contributed by atoms with Crippen molar-refractivity contribution in [3.63, 3.8) is 0 Å². The Kier molecular flexibility index (Phi) is 3.95. The fourth-order valence-electron chi connectivity index (χ4n) is 2.19. The quantitative estimate of drug-likeness (QED) is 0.779. The molecule has 1 aliphatic carbocycles. The first-order valence-electron chi connectivity index (χ1n) is 5.37. The standard InChI is InChI=1S/C10H21NO2S/c1-8(14(2,12)13)10(11)9-6-4-3-5-7-9/h8-10H,3-7,11H2,1-2H3. The molecule has 4 heteroatoms. The highest BCUT2D eigenvalue weighted by atomic mass is 32.2. The minimum Gasteiger partial charge on any atom is -0.326 e. The highest BCUT2D eigenvalue weighted by Crippen LogP contribution is 2.28. The van der Waals surface area contributed by atoms with Crippen LogP contribution in [0.25, 0.3) is 0 Å². The Balaban J connectivity index is 2.59. The summed E-state index contributed by atoms with van der Waals surface area (Å²) in [5, 5.41) is -0.398. The van der Waals surface area contributed by atoms with Crippen LogP contribution in [0.2, 0.25) is 0 Å². The third-order valence-corrected chi connectivity index (χ3v) is 5.08. The summed E-state index contributed by atoms with van der Waals surface area (Å²) in [7, 11) is -2.98. The van der Waals surface area contributed by atoms with Crippen molar-refractivity contribution >= 4 is 9.84 Å². The molecule has 1 saturated carbocycles. The van der Waals surface area contributed by atoms with E-state index in [1.54, 1.807) is 6.92 Å². The second kappa shape index (κ2) is 4.62. The maximum Gasteiger partial charge on any atom is 0.151 e. The van der Waals surface area contributed by atoms with Crippen molar-refractivity contribution in [2.75, 3.05) is 6.26 Å². The SMILES string of the molecule is CC(C(N)C1CCCCC1)S(C)(=O)=O. The first-order chi connectivity index (χ1) is 6.43. The minimum atomic E-state index is -2.98. The highest BCUT2D eigenvalue weighted by molar-refractivity contribution is 7.91. The van der Waals surface area contributed by atoms with Crippen LogP contribution in [0.4, 0.5) is 0 Å². The van der Waals surface area contributed by atoms with E-state index in [1.807, 2.05) is 0 Å². The molecule has 0 spiro atoms. The monoisotopic (exact) mass is 219 g/mol. The molecule has 2 unspecified atom stereocenters. The van der Waals surface area contributed by atoms with Gasteiger partial charge in [0.15, 0.2) is 9.84 Å². The molecule has 0 aromatic carbocycles. The van der Waals surface area contributed by atoms with Gasteiger partial charge in [-0.25, -0.2) is 8.42 Å². The van der Waals surface area contributed by atoms with Crippen molar-refractivity contribution in [3.8, 4) is 0 Å². The molecule has 3 nitrogen and oxygen atoms in total. The third kappa shape index (κ3) is 2.95. The zero-order valence-corrected chi connectivity index (χ0v) is 9.89. The lowest BCUT2D eigenvalue weighted by molar-refractivity contribution is 0.300. The predicted octanol–water partition coefficient (Wildman–Crippen LogP) is 1.33. The molecule has 0 saturated heterocycles. The van der Waals surface area contributed by atoms with E-state index in [4.69, 9.17) is 5.73 Å². The fraction of sp³-hybridized carbons (Fsp3) is 1.00. The molecule has 0 aromatic heterocycles. The first kappa shape index (κ1) is 12.0. The Labute approximate surface area is 87.0 Å². The highest BCUT2D eigenvalue weighted by Gasteiger charge is 2.30. The van der Waals surface area contributed by atoms with Gasteiger partial charge in [-0.15, -0.1) is 0 Å². The maximum absolute atomic E-state index is 11.3. The van der Waals surface area contributed by atoms with E-state index in [1.165, 1.54) is 25.5 Å². The van der Waals surface area contributed by atoms with Crippen molar-refractivity contribution in [2.45, 2.75) is 50.3 Å². The number of hydrogen-bond acceptors (Lipinski definition) is 3. The van der Waals surface area contributed by atoms with Crippen LogP contribution in [0.1, 0.15) is 39.0 Å². The Hall–Kier alpha value is -0.0900. The van der Waals surface area contributed by atoms with E-state index >= 15 is 0 Å². The van der Waals surface area contributed by atoms with E-state index in [2.05, 4.69) is 0 Å². The van der Waals surface area contributed by atoms with Gasteiger partial charge in [-0.05, 0) is 25.7 Å². The number of sulfone groups is 1. The van der Waals surface area contributed by atoms with Gasteiger partial charge in [-0.3, -0.25) is 0 Å².